The van der Waals surface area contributed by atoms with Crippen LogP contribution in [0.4, 0.5) is 4.79 Å². The summed E-state index contributed by atoms with van der Waals surface area (Å²) in [6.07, 6.45) is 4.87. The quantitative estimate of drug-likeness (QED) is 0.760. The molecule has 1 amide bonds. The number of nitrogens with zero attached hydrogens (tertiary/aromatic N) is 2. The van der Waals surface area contributed by atoms with Crippen molar-refractivity contribution in [3.05, 3.63) is 18.1 Å². The average Bonchev–Trinajstić information content (AvgIpc) is 2.48. The van der Waals surface area contributed by atoms with Gasteiger partial charge in [-0.2, -0.15) is 0 Å². The molecule has 1 aromatic rings. The predicted molar refractivity (Wildman–Crippen MR) is 86.4 cm³/mol. The third-order valence-corrected chi connectivity index (χ3v) is 3.05. The number of amides is 1. The van der Waals surface area contributed by atoms with Crippen LogP contribution in [-0.4, -0.2) is 46.0 Å². The minimum absolute atomic E-state index is 0.00394. The molecule has 0 saturated carbocycles. The number of nitrogens with one attached hydrogen (secondary N) is 1. The minimum atomic E-state index is -0.513. The zero-order valence-corrected chi connectivity index (χ0v) is 14.3. The van der Waals surface area contributed by atoms with Crippen molar-refractivity contribution in [3.63, 3.8) is 0 Å². The summed E-state index contributed by atoms with van der Waals surface area (Å²) in [6, 6.07) is -0.00394. The number of aryl methyl sites for hydroxylation is 1. The first kappa shape index (κ1) is 19.2. The second-order valence-electron chi connectivity index (χ2n) is 6.22. The molecule has 0 unspecified atom stereocenters. The number of aliphatic hydroxyl groups is 1. The fourth-order valence-electron chi connectivity index (χ4n) is 1.97. The van der Waals surface area contributed by atoms with Gasteiger partial charge in [-0.1, -0.05) is 6.92 Å². The maximum atomic E-state index is 11.8. The molecule has 1 aromatic heterocycles. The van der Waals surface area contributed by atoms with E-state index in [-0.39, 0.29) is 19.3 Å². The lowest BCUT2D eigenvalue weighted by Gasteiger charge is -2.23. The Bertz CT molecular complexity index is 488. The summed E-state index contributed by atoms with van der Waals surface area (Å²) < 4.78 is 10.7. The van der Waals surface area contributed by atoms with Crippen LogP contribution in [0.2, 0.25) is 0 Å². The van der Waals surface area contributed by atoms with Crippen LogP contribution in [-0.2, 0) is 11.2 Å². The van der Waals surface area contributed by atoms with Crippen molar-refractivity contribution in [1.82, 2.24) is 15.3 Å². The molecule has 0 spiro atoms. The zero-order chi connectivity index (χ0) is 17.3. The topological polar surface area (TPSA) is 93.6 Å². The predicted octanol–water partition coefficient (Wildman–Crippen LogP) is 2.08. The molecule has 0 fully saturated rings. The average molecular weight is 325 g/mol. The summed E-state index contributed by atoms with van der Waals surface area (Å²) in [5, 5.41) is 11.7. The van der Waals surface area contributed by atoms with Gasteiger partial charge in [0, 0.05) is 17.8 Å². The molecule has 130 valence electrons. The first-order chi connectivity index (χ1) is 10.9. The minimum Gasteiger partial charge on any atom is -0.475 e. The Labute approximate surface area is 137 Å². The second-order valence-corrected chi connectivity index (χ2v) is 6.22. The first-order valence-corrected chi connectivity index (χ1v) is 7.87. The molecule has 0 aliphatic heterocycles. The van der Waals surface area contributed by atoms with Crippen LogP contribution >= 0.6 is 0 Å². The van der Waals surface area contributed by atoms with Gasteiger partial charge in [0.05, 0.1) is 6.61 Å². The van der Waals surface area contributed by atoms with Crippen LogP contribution < -0.4 is 10.1 Å². The van der Waals surface area contributed by atoms with Crippen LogP contribution in [0, 0.1) is 0 Å². The maximum Gasteiger partial charge on any atom is 0.407 e. The number of carbonyl (C=O) groups excluding carboxylic acids is 1. The van der Waals surface area contributed by atoms with Crippen LogP contribution in [0.5, 0.6) is 5.88 Å². The van der Waals surface area contributed by atoms with E-state index < -0.39 is 11.7 Å². The highest BCUT2D eigenvalue weighted by atomic mass is 16.6. The monoisotopic (exact) mass is 325 g/mol. The normalized spacial score (nSPS) is 12.6. The largest absolute Gasteiger partial charge is 0.475 e. The van der Waals surface area contributed by atoms with E-state index in [0.29, 0.717) is 12.3 Å². The smallest absolute Gasteiger partial charge is 0.407 e. The molecule has 0 radical (unpaired) electrons. The highest BCUT2D eigenvalue weighted by Gasteiger charge is 2.19. The number of ether oxygens (including phenoxy) is 2. The van der Waals surface area contributed by atoms with Gasteiger partial charge in [-0.05, 0) is 40.0 Å². The molecule has 0 saturated heterocycles. The summed E-state index contributed by atoms with van der Waals surface area (Å²) in [5.74, 6) is 0.473. The Morgan fingerprint density at radius 3 is 2.78 bits per heavy atom. The zero-order valence-electron chi connectivity index (χ0n) is 14.3. The van der Waals surface area contributed by atoms with E-state index in [9.17, 15) is 4.79 Å². The molecule has 23 heavy (non-hydrogen) atoms. The van der Waals surface area contributed by atoms with E-state index >= 15 is 0 Å². The Morgan fingerprint density at radius 2 is 2.17 bits per heavy atom. The van der Waals surface area contributed by atoms with Gasteiger partial charge < -0.3 is 19.9 Å². The van der Waals surface area contributed by atoms with Crippen molar-refractivity contribution in [2.75, 3.05) is 13.2 Å². The van der Waals surface area contributed by atoms with E-state index in [1.807, 2.05) is 27.7 Å². The van der Waals surface area contributed by atoms with Gasteiger partial charge in [-0.15, -0.1) is 0 Å². The summed E-state index contributed by atoms with van der Waals surface area (Å²) >= 11 is 0. The van der Waals surface area contributed by atoms with Crippen LogP contribution in [0.25, 0.3) is 0 Å². The molecule has 7 nitrogen and oxygen atoms in total. The number of hydrogen-bond donors (Lipinski definition) is 2. The summed E-state index contributed by atoms with van der Waals surface area (Å²) in [7, 11) is 0. The molecule has 0 aliphatic carbocycles. The Hall–Kier alpha value is -1.89. The number of hydrogen-bond acceptors (Lipinski definition) is 6. The van der Waals surface area contributed by atoms with Gasteiger partial charge in [0.25, 0.3) is 0 Å². The van der Waals surface area contributed by atoms with E-state index in [0.717, 1.165) is 18.4 Å². The molecule has 1 heterocycles. The van der Waals surface area contributed by atoms with Crippen LogP contribution in [0.15, 0.2) is 12.5 Å². The second kappa shape index (κ2) is 9.29. The lowest BCUT2D eigenvalue weighted by molar-refractivity contribution is 0.0500. The van der Waals surface area contributed by atoms with Crippen molar-refractivity contribution in [2.45, 2.75) is 58.6 Å². The van der Waals surface area contributed by atoms with Gasteiger partial charge >= 0.3 is 6.09 Å². The molecule has 7 heteroatoms. The number of aliphatic hydroxyl groups excluding tert-OH is 1. The SMILES string of the molecule is CC[C@H](CCc1cncnc1OCCO)NC(=O)OC(C)(C)C. The first-order valence-electron chi connectivity index (χ1n) is 7.87. The molecule has 0 aromatic carbocycles. The van der Waals surface area contributed by atoms with Gasteiger partial charge in [-0.25, -0.2) is 14.8 Å². The molecular formula is C16H27N3O4. The fourth-order valence-corrected chi connectivity index (χ4v) is 1.97. The van der Waals surface area contributed by atoms with E-state index in [1.165, 1.54) is 6.33 Å². The highest BCUT2D eigenvalue weighted by Crippen LogP contribution is 2.17. The van der Waals surface area contributed by atoms with Crippen molar-refractivity contribution in [3.8, 4) is 5.88 Å². The van der Waals surface area contributed by atoms with Crippen molar-refractivity contribution < 1.29 is 19.4 Å². The molecule has 0 aliphatic rings. The third-order valence-electron chi connectivity index (χ3n) is 3.05. The lowest BCUT2D eigenvalue weighted by Crippen LogP contribution is -2.39. The summed E-state index contributed by atoms with van der Waals surface area (Å²) in [4.78, 5) is 19.9. The maximum absolute atomic E-state index is 11.8. The molecule has 1 atom stereocenters. The Kier molecular flexibility index (Phi) is 7.74. The van der Waals surface area contributed by atoms with Crippen molar-refractivity contribution >= 4 is 6.09 Å². The Balaban J connectivity index is 2.56. The van der Waals surface area contributed by atoms with E-state index in [2.05, 4.69) is 15.3 Å². The van der Waals surface area contributed by atoms with Crippen LogP contribution in [0.1, 0.15) is 46.1 Å². The Morgan fingerprint density at radius 1 is 1.43 bits per heavy atom. The highest BCUT2D eigenvalue weighted by molar-refractivity contribution is 5.68. The van der Waals surface area contributed by atoms with E-state index in [1.54, 1.807) is 6.20 Å². The van der Waals surface area contributed by atoms with Crippen molar-refractivity contribution in [2.24, 2.45) is 0 Å². The van der Waals surface area contributed by atoms with Gasteiger partial charge in [-0.3, -0.25) is 0 Å². The summed E-state index contributed by atoms with van der Waals surface area (Å²) in [6.45, 7) is 7.63. The van der Waals surface area contributed by atoms with Gasteiger partial charge in [0.2, 0.25) is 5.88 Å². The number of carbonyl (C=O) groups is 1. The fraction of sp³-hybridized carbons (Fsp3) is 0.688. The van der Waals surface area contributed by atoms with E-state index in [4.69, 9.17) is 14.6 Å². The molecule has 0 bridgehead atoms. The summed E-state index contributed by atoms with van der Waals surface area (Å²) in [5.41, 5.74) is 0.339. The third kappa shape index (κ3) is 7.78. The lowest BCUT2D eigenvalue weighted by atomic mass is 10.1. The van der Waals surface area contributed by atoms with Crippen molar-refractivity contribution in [1.29, 1.82) is 0 Å². The van der Waals surface area contributed by atoms with Gasteiger partial charge in [0.1, 0.15) is 18.5 Å². The molecule has 1 rings (SSSR count). The number of alkyl carbamates (subject to hydrolysis) is 1. The number of rotatable bonds is 8. The molecule has 2 N–H and O–H groups in total. The van der Waals surface area contributed by atoms with Crippen LogP contribution in [0.3, 0.4) is 0 Å². The standard InChI is InChI=1S/C16H27N3O4/c1-5-13(19-15(21)23-16(2,3)4)7-6-12-10-17-11-18-14(12)22-9-8-20/h10-11,13,20H,5-9H2,1-4H3,(H,19,21)/t13-/m1/s1. The molecular weight excluding hydrogens is 298 g/mol. The van der Waals surface area contributed by atoms with Gasteiger partial charge in [0.15, 0.2) is 0 Å². The number of aromatic nitrogens is 2.